The number of nitrogens with zero attached hydrogens (tertiary/aromatic N) is 2. The molecule has 0 saturated carbocycles. The minimum absolute atomic E-state index is 0.301. The average Bonchev–Trinajstić information content (AvgIpc) is 3.04. The number of ether oxygens (including phenoxy) is 1. The lowest BCUT2D eigenvalue weighted by Gasteiger charge is -2.06. The first-order chi connectivity index (χ1) is 12.1. The fraction of sp³-hybridized carbons (Fsp3) is 0.118. The number of methoxy groups -OCH3 is 1. The van der Waals surface area contributed by atoms with Gasteiger partial charge in [0.15, 0.2) is 0 Å². The van der Waals surface area contributed by atoms with Gasteiger partial charge >= 0.3 is 0 Å². The first kappa shape index (κ1) is 17.7. The van der Waals surface area contributed by atoms with E-state index in [-0.39, 0.29) is 5.91 Å². The van der Waals surface area contributed by atoms with E-state index in [1.807, 2.05) is 6.07 Å². The Labute approximate surface area is 158 Å². The van der Waals surface area contributed by atoms with Gasteiger partial charge in [-0.3, -0.25) is 10.1 Å². The first-order valence-corrected chi connectivity index (χ1v) is 8.84. The molecule has 0 spiro atoms. The highest BCUT2D eigenvalue weighted by atomic mass is 35.5. The van der Waals surface area contributed by atoms with Crippen LogP contribution in [0.5, 0.6) is 5.75 Å². The number of anilines is 1. The molecule has 0 fully saturated rings. The molecule has 25 heavy (non-hydrogen) atoms. The van der Waals surface area contributed by atoms with Crippen LogP contribution in [0.25, 0.3) is 0 Å². The molecule has 0 radical (unpaired) electrons. The lowest BCUT2D eigenvalue weighted by Crippen LogP contribution is -2.12. The Morgan fingerprint density at radius 2 is 2.00 bits per heavy atom. The number of halogens is 2. The van der Waals surface area contributed by atoms with E-state index < -0.39 is 0 Å². The molecule has 0 bridgehead atoms. The fourth-order valence-corrected chi connectivity index (χ4v) is 3.43. The van der Waals surface area contributed by atoms with E-state index >= 15 is 0 Å². The van der Waals surface area contributed by atoms with Crippen molar-refractivity contribution in [3.05, 3.63) is 68.6 Å². The van der Waals surface area contributed by atoms with E-state index in [1.54, 1.807) is 36.4 Å². The van der Waals surface area contributed by atoms with Crippen molar-refractivity contribution in [1.82, 2.24) is 10.2 Å². The summed E-state index contributed by atoms with van der Waals surface area (Å²) in [6, 6.07) is 12.3. The molecule has 0 saturated heterocycles. The van der Waals surface area contributed by atoms with Gasteiger partial charge in [0.05, 0.1) is 12.7 Å². The molecule has 1 heterocycles. The van der Waals surface area contributed by atoms with Crippen LogP contribution in [0.3, 0.4) is 0 Å². The van der Waals surface area contributed by atoms with E-state index in [2.05, 4.69) is 15.5 Å². The van der Waals surface area contributed by atoms with E-state index in [0.29, 0.717) is 32.9 Å². The molecule has 3 aromatic rings. The van der Waals surface area contributed by atoms with Crippen molar-refractivity contribution in [3.63, 3.8) is 0 Å². The molecule has 2 aromatic carbocycles. The van der Waals surface area contributed by atoms with Gasteiger partial charge in [-0.25, -0.2) is 0 Å². The number of nitrogens with one attached hydrogen (secondary N) is 1. The Morgan fingerprint density at radius 3 is 2.76 bits per heavy atom. The minimum Gasteiger partial charge on any atom is -0.496 e. The first-order valence-electron chi connectivity index (χ1n) is 7.27. The molecule has 0 unspecified atom stereocenters. The second-order valence-electron chi connectivity index (χ2n) is 5.07. The number of rotatable bonds is 5. The third-order valence-corrected chi connectivity index (χ3v) is 4.82. The zero-order valence-corrected chi connectivity index (χ0v) is 15.5. The van der Waals surface area contributed by atoms with Crippen LogP contribution in [-0.2, 0) is 6.42 Å². The summed E-state index contributed by atoms with van der Waals surface area (Å²) in [6.07, 6.45) is 0.512. The van der Waals surface area contributed by atoms with Gasteiger partial charge in [0.2, 0.25) is 5.13 Å². The molecular formula is C17H13Cl2N3O2S. The van der Waals surface area contributed by atoms with Crippen LogP contribution in [0, 0.1) is 0 Å². The second kappa shape index (κ2) is 7.82. The summed E-state index contributed by atoms with van der Waals surface area (Å²) in [5.41, 5.74) is 1.33. The van der Waals surface area contributed by atoms with E-state index in [4.69, 9.17) is 27.9 Å². The number of hydrogen-bond donors (Lipinski definition) is 1. The van der Waals surface area contributed by atoms with E-state index in [1.165, 1.54) is 18.4 Å². The van der Waals surface area contributed by atoms with Crippen LogP contribution in [0.2, 0.25) is 10.0 Å². The van der Waals surface area contributed by atoms with Crippen LogP contribution >= 0.6 is 34.5 Å². The molecule has 5 nitrogen and oxygen atoms in total. The second-order valence-corrected chi connectivity index (χ2v) is 6.97. The van der Waals surface area contributed by atoms with Gasteiger partial charge in [-0.2, -0.15) is 0 Å². The topological polar surface area (TPSA) is 64.1 Å². The van der Waals surface area contributed by atoms with Gasteiger partial charge in [0, 0.05) is 16.5 Å². The monoisotopic (exact) mass is 393 g/mol. The number of hydrogen-bond acceptors (Lipinski definition) is 5. The summed E-state index contributed by atoms with van der Waals surface area (Å²) < 4.78 is 5.19. The Kier molecular flexibility index (Phi) is 5.53. The molecule has 8 heteroatoms. The molecule has 1 amide bonds. The summed E-state index contributed by atoms with van der Waals surface area (Å²) in [6.45, 7) is 0. The molecule has 1 aromatic heterocycles. The lowest BCUT2D eigenvalue weighted by atomic mass is 10.2. The number of amides is 1. The van der Waals surface area contributed by atoms with Crippen LogP contribution < -0.4 is 10.1 Å². The Bertz CT molecular complexity index is 914. The van der Waals surface area contributed by atoms with Crippen LogP contribution in [0.1, 0.15) is 20.9 Å². The third kappa shape index (κ3) is 4.28. The maximum absolute atomic E-state index is 12.4. The van der Waals surface area contributed by atoms with Gasteiger partial charge in [0.1, 0.15) is 10.8 Å². The molecule has 3 rings (SSSR count). The van der Waals surface area contributed by atoms with Gasteiger partial charge < -0.3 is 4.74 Å². The maximum Gasteiger partial charge on any atom is 0.261 e. The standard InChI is InChI=1S/C17H13Cl2N3O2S/c1-24-14-5-3-2-4-12(14)16(23)20-17-22-21-15(25-17)8-10-6-7-11(18)9-13(10)19/h2-7,9H,8H2,1H3,(H,20,22,23). The zero-order chi connectivity index (χ0) is 17.8. The molecule has 128 valence electrons. The van der Waals surface area contributed by atoms with Gasteiger partial charge in [0.25, 0.3) is 5.91 Å². The van der Waals surface area contributed by atoms with Crippen LogP contribution in [0.4, 0.5) is 5.13 Å². The number of carbonyl (C=O) groups excluding carboxylic acids is 1. The van der Waals surface area contributed by atoms with Crippen molar-refractivity contribution < 1.29 is 9.53 Å². The summed E-state index contributed by atoms with van der Waals surface area (Å²) in [5, 5.41) is 13.1. The van der Waals surface area contributed by atoms with Gasteiger partial charge in [-0.05, 0) is 29.8 Å². The molecule has 0 aliphatic rings. The van der Waals surface area contributed by atoms with Gasteiger partial charge in [-0.1, -0.05) is 52.7 Å². The van der Waals surface area contributed by atoms with Crippen molar-refractivity contribution in [2.45, 2.75) is 6.42 Å². The van der Waals surface area contributed by atoms with Crippen molar-refractivity contribution in [1.29, 1.82) is 0 Å². The summed E-state index contributed by atoms with van der Waals surface area (Å²) in [4.78, 5) is 12.4. The maximum atomic E-state index is 12.4. The van der Waals surface area contributed by atoms with Crippen molar-refractivity contribution in [2.24, 2.45) is 0 Å². The van der Waals surface area contributed by atoms with Gasteiger partial charge in [-0.15, -0.1) is 10.2 Å². The van der Waals surface area contributed by atoms with Crippen molar-refractivity contribution >= 4 is 45.6 Å². The third-order valence-electron chi connectivity index (χ3n) is 3.40. The average molecular weight is 394 g/mol. The summed E-state index contributed by atoms with van der Waals surface area (Å²) in [5.74, 6) is 0.197. The normalized spacial score (nSPS) is 10.5. The smallest absolute Gasteiger partial charge is 0.261 e. The number of benzene rings is 2. The lowest BCUT2D eigenvalue weighted by molar-refractivity contribution is 0.102. The van der Waals surface area contributed by atoms with Crippen molar-refractivity contribution in [3.8, 4) is 5.75 Å². The Morgan fingerprint density at radius 1 is 1.20 bits per heavy atom. The largest absolute Gasteiger partial charge is 0.496 e. The summed E-state index contributed by atoms with van der Waals surface area (Å²) in [7, 11) is 1.52. The predicted octanol–water partition coefficient (Wildman–Crippen LogP) is 4.70. The highest BCUT2D eigenvalue weighted by Gasteiger charge is 2.14. The Hall–Kier alpha value is -2.15. The fourth-order valence-electron chi connectivity index (χ4n) is 2.20. The number of para-hydroxylation sites is 1. The Balaban J connectivity index is 1.72. The minimum atomic E-state index is -0.301. The molecule has 0 atom stereocenters. The highest BCUT2D eigenvalue weighted by molar-refractivity contribution is 7.15. The molecule has 1 N–H and O–H groups in total. The molecule has 0 aliphatic carbocycles. The van der Waals surface area contributed by atoms with E-state index in [0.717, 1.165) is 10.6 Å². The SMILES string of the molecule is COc1ccccc1C(=O)Nc1nnc(Cc2ccc(Cl)cc2Cl)s1. The number of carbonyl (C=O) groups is 1. The molecule has 0 aliphatic heterocycles. The summed E-state index contributed by atoms with van der Waals surface area (Å²) >= 11 is 13.4. The van der Waals surface area contributed by atoms with Crippen molar-refractivity contribution in [2.75, 3.05) is 12.4 Å². The number of aromatic nitrogens is 2. The zero-order valence-electron chi connectivity index (χ0n) is 13.1. The predicted molar refractivity (Wildman–Crippen MR) is 100 cm³/mol. The quantitative estimate of drug-likeness (QED) is 0.682. The molecular weight excluding hydrogens is 381 g/mol. The highest BCUT2D eigenvalue weighted by Crippen LogP contribution is 2.26. The van der Waals surface area contributed by atoms with Crippen LogP contribution in [0.15, 0.2) is 42.5 Å². The van der Waals surface area contributed by atoms with Crippen LogP contribution in [-0.4, -0.2) is 23.2 Å². The van der Waals surface area contributed by atoms with E-state index in [9.17, 15) is 4.79 Å².